The van der Waals surface area contributed by atoms with Crippen LogP contribution in [0.5, 0.6) is 0 Å². The number of hydrogen-bond donors (Lipinski definition) is 2. The Hall–Kier alpha value is -1.31. The molecule has 7 nitrogen and oxygen atoms in total. The van der Waals surface area contributed by atoms with Crippen molar-refractivity contribution in [3.05, 3.63) is 0 Å². The summed E-state index contributed by atoms with van der Waals surface area (Å²) in [4.78, 5) is 18.0. The van der Waals surface area contributed by atoms with Gasteiger partial charge in [0, 0.05) is 38.6 Å². The van der Waals surface area contributed by atoms with E-state index in [0.717, 1.165) is 13.0 Å². The molecule has 0 aromatic rings. The Kier molecular flexibility index (Phi) is 7.07. The summed E-state index contributed by atoms with van der Waals surface area (Å²) in [5.74, 6) is 0.796. The molecule has 1 aliphatic heterocycles. The van der Waals surface area contributed by atoms with E-state index in [0.29, 0.717) is 19.0 Å². The molecule has 1 aliphatic rings. The molecule has 0 spiro atoms. The van der Waals surface area contributed by atoms with Gasteiger partial charge in [0.1, 0.15) is 0 Å². The Morgan fingerprint density at radius 3 is 2.46 bits per heavy atom. The fourth-order valence-corrected chi connectivity index (χ4v) is 3.42. The number of aliphatic imine (C=N–C) groups is 1. The molecule has 24 heavy (non-hydrogen) atoms. The van der Waals surface area contributed by atoms with Crippen molar-refractivity contribution < 1.29 is 13.2 Å². The van der Waals surface area contributed by atoms with Gasteiger partial charge in [0.2, 0.25) is 5.91 Å². The van der Waals surface area contributed by atoms with Crippen LogP contribution in [0.2, 0.25) is 0 Å². The third-order valence-electron chi connectivity index (χ3n) is 4.15. The van der Waals surface area contributed by atoms with Crippen molar-refractivity contribution in [3.63, 3.8) is 0 Å². The van der Waals surface area contributed by atoms with E-state index in [-0.39, 0.29) is 23.6 Å². The summed E-state index contributed by atoms with van der Waals surface area (Å²) in [6.07, 6.45) is 0.861. The molecule has 0 aromatic heterocycles. The molecule has 1 rings (SSSR count). The second-order valence-electron chi connectivity index (χ2n) is 7.50. The van der Waals surface area contributed by atoms with Gasteiger partial charge in [-0.25, -0.2) is 8.42 Å². The third kappa shape index (κ3) is 5.65. The summed E-state index contributed by atoms with van der Waals surface area (Å²) in [6.45, 7) is 10.6. The standard InChI is InChI=1S/C16H32N4O3S/c1-12(2)14(21)20-9-7-13(11-20)19-15(17-6)18-8-10-24(22,23)16(3,4)5/h12-13H,7-11H2,1-6H3,(H2,17,18,19). The minimum absolute atomic E-state index is 0.00351. The van der Waals surface area contributed by atoms with Gasteiger partial charge in [0.05, 0.1) is 10.5 Å². The van der Waals surface area contributed by atoms with Crippen LogP contribution >= 0.6 is 0 Å². The van der Waals surface area contributed by atoms with Crippen LogP contribution < -0.4 is 10.6 Å². The SMILES string of the molecule is CN=C(NCCS(=O)(=O)C(C)(C)C)NC1CCN(C(=O)C(C)C)C1. The molecule has 8 heteroatoms. The lowest BCUT2D eigenvalue weighted by atomic mass is 10.2. The van der Waals surface area contributed by atoms with Crippen molar-refractivity contribution in [1.29, 1.82) is 0 Å². The van der Waals surface area contributed by atoms with E-state index in [4.69, 9.17) is 0 Å². The highest BCUT2D eigenvalue weighted by Gasteiger charge is 2.29. The van der Waals surface area contributed by atoms with Gasteiger partial charge in [-0.3, -0.25) is 9.79 Å². The first-order valence-electron chi connectivity index (χ1n) is 8.46. The smallest absolute Gasteiger partial charge is 0.225 e. The number of sulfone groups is 1. The number of nitrogens with zero attached hydrogens (tertiary/aromatic N) is 2. The average Bonchev–Trinajstić information content (AvgIpc) is 2.92. The molecule has 1 fully saturated rings. The maximum Gasteiger partial charge on any atom is 0.225 e. The van der Waals surface area contributed by atoms with E-state index in [1.807, 2.05) is 18.7 Å². The number of hydrogen-bond acceptors (Lipinski definition) is 4. The van der Waals surface area contributed by atoms with Crippen LogP contribution in [0.4, 0.5) is 0 Å². The van der Waals surface area contributed by atoms with Crippen LogP contribution in [0, 0.1) is 5.92 Å². The number of amides is 1. The highest BCUT2D eigenvalue weighted by atomic mass is 32.2. The topological polar surface area (TPSA) is 90.9 Å². The lowest BCUT2D eigenvalue weighted by Crippen LogP contribution is -2.47. The Bertz CT molecular complexity index is 564. The second-order valence-corrected chi connectivity index (χ2v) is 10.4. The van der Waals surface area contributed by atoms with E-state index in [1.165, 1.54) is 0 Å². The van der Waals surface area contributed by atoms with Gasteiger partial charge < -0.3 is 15.5 Å². The van der Waals surface area contributed by atoms with Crippen molar-refractivity contribution in [3.8, 4) is 0 Å². The Morgan fingerprint density at radius 1 is 1.33 bits per heavy atom. The number of carbonyl (C=O) groups excluding carboxylic acids is 1. The van der Waals surface area contributed by atoms with Gasteiger partial charge in [-0.2, -0.15) is 0 Å². The number of rotatable bonds is 5. The van der Waals surface area contributed by atoms with Crippen LogP contribution in [0.15, 0.2) is 4.99 Å². The fraction of sp³-hybridized carbons (Fsp3) is 0.875. The van der Waals surface area contributed by atoms with E-state index < -0.39 is 14.6 Å². The van der Waals surface area contributed by atoms with Crippen LogP contribution in [-0.2, 0) is 14.6 Å². The van der Waals surface area contributed by atoms with Crippen molar-refractivity contribution in [1.82, 2.24) is 15.5 Å². The maximum absolute atomic E-state index is 12.1. The van der Waals surface area contributed by atoms with Crippen molar-refractivity contribution in [2.75, 3.05) is 32.4 Å². The van der Waals surface area contributed by atoms with E-state index >= 15 is 0 Å². The van der Waals surface area contributed by atoms with Crippen molar-refractivity contribution in [2.45, 2.75) is 51.8 Å². The Morgan fingerprint density at radius 2 is 1.96 bits per heavy atom. The molecule has 1 amide bonds. The molecule has 1 unspecified atom stereocenters. The molecule has 140 valence electrons. The highest BCUT2D eigenvalue weighted by Crippen LogP contribution is 2.15. The van der Waals surface area contributed by atoms with Crippen molar-refractivity contribution >= 4 is 21.7 Å². The summed E-state index contributed by atoms with van der Waals surface area (Å²) in [5, 5.41) is 6.31. The summed E-state index contributed by atoms with van der Waals surface area (Å²) in [6, 6.07) is 0.137. The first-order chi connectivity index (χ1) is 11.0. The monoisotopic (exact) mass is 360 g/mol. The van der Waals surface area contributed by atoms with Gasteiger partial charge in [-0.15, -0.1) is 0 Å². The quantitative estimate of drug-likeness (QED) is 0.554. The molecule has 1 heterocycles. The van der Waals surface area contributed by atoms with Gasteiger partial charge >= 0.3 is 0 Å². The fourth-order valence-electron chi connectivity index (χ4n) is 2.44. The van der Waals surface area contributed by atoms with Gasteiger partial charge in [-0.1, -0.05) is 13.8 Å². The Labute approximate surface area is 146 Å². The van der Waals surface area contributed by atoms with Crippen LogP contribution in [0.1, 0.15) is 41.0 Å². The number of carbonyl (C=O) groups is 1. The number of nitrogens with one attached hydrogen (secondary N) is 2. The van der Waals surface area contributed by atoms with E-state index in [2.05, 4.69) is 15.6 Å². The molecular weight excluding hydrogens is 328 g/mol. The predicted molar refractivity (Wildman–Crippen MR) is 97.9 cm³/mol. The zero-order valence-electron chi connectivity index (χ0n) is 15.7. The molecule has 0 aromatic carbocycles. The number of guanidine groups is 1. The molecular formula is C16H32N4O3S. The highest BCUT2D eigenvalue weighted by molar-refractivity contribution is 7.92. The van der Waals surface area contributed by atoms with Gasteiger partial charge in [0.15, 0.2) is 15.8 Å². The van der Waals surface area contributed by atoms with Crippen molar-refractivity contribution in [2.24, 2.45) is 10.9 Å². The molecule has 0 bridgehead atoms. The van der Waals surface area contributed by atoms with E-state index in [9.17, 15) is 13.2 Å². The van der Waals surface area contributed by atoms with Gasteiger partial charge in [-0.05, 0) is 27.2 Å². The summed E-state index contributed by atoms with van der Waals surface area (Å²) >= 11 is 0. The van der Waals surface area contributed by atoms with Crippen LogP contribution in [0.25, 0.3) is 0 Å². The summed E-state index contributed by atoms with van der Waals surface area (Å²) in [5.41, 5.74) is 0. The zero-order valence-corrected chi connectivity index (χ0v) is 16.5. The average molecular weight is 361 g/mol. The zero-order chi connectivity index (χ0) is 18.5. The Balaban J connectivity index is 2.46. The maximum atomic E-state index is 12.1. The van der Waals surface area contributed by atoms with Crippen LogP contribution in [0.3, 0.4) is 0 Å². The minimum atomic E-state index is -3.16. The summed E-state index contributed by atoms with van der Waals surface area (Å²) in [7, 11) is -1.50. The first kappa shape index (κ1) is 20.7. The predicted octanol–water partition coefficient (Wildman–Crippen LogP) is 0.622. The normalized spacial score (nSPS) is 19.7. The second kappa shape index (κ2) is 8.18. The first-order valence-corrected chi connectivity index (χ1v) is 10.1. The van der Waals surface area contributed by atoms with Gasteiger partial charge in [0.25, 0.3) is 0 Å². The molecule has 1 saturated heterocycles. The minimum Gasteiger partial charge on any atom is -0.355 e. The molecule has 2 N–H and O–H groups in total. The van der Waals surface area contributed by atoms with E-state index in [1.54, 1.807) is 27.8 Å². The molecule has 0 radical (unpaired) electrons. The molecule has 0 saturated carbocycles. The van der Waals surface area contributed by atoms with Crippen LogP contribution in [-0.4, -0.2) is 68.4 Å². The molecule has 0 aliphatic carbocycles. The lowest BCUT2D eigenvalue weighted by molar-refractivity contribution is -0.133. The largest absolute Gasteiger partial charge is 0.355 e. The summed E-state index contributed by atoms with van der Waals surface area (Å²) < 4.78 is 23.5. The number of likely N-dealkylation sites (tertiary alicyclic amines) is 1. The third-order valence-corrected chi connectivity index (χ3v) is 6.76. The lowest BCUT2D eigenvalue weighted by Gasteiger charge is -2.21. The molecule has 1 atom stereocenters.